The van der Waals surface area contributed by atoms with E-state index in [4.69, 9.17) is 5.84 Å². The highest BCUT2D eigenvalue weighted by Gasteiger charge is 2.14. The number of nitrogens with zero attached hydrogens (tertiary/aromatic N) is 1. The first-order chi connectivity index (χ1) is 8.76. The zero-order chi connectivity index (χ0) is 13.0. The van der Waals surface area contributed by atoms with Gasteiger partial charge >= 0.3 is 0 Å². The first-order valence-corrected chi connectivity index (χ1v) is 6.22. The molecular formula is C15H19N3. The standard InChI is InChI=1S/C15H19N3/c1-3-11(2)10-14(18-16)15-13-7-5-4-6-12(13)8-9-17-15/h4-9,14,18H,2-3,10,16H2,1H3. The first-order valence-electron chi connectivity index (χ1n) is 6.22. The van der Waals surface area contributed by atoms with Crippen LogP contribution in [0.1, 0.15) is 31.5 Å². The molecule has 0 saturated heterocycles. The Morgan fingerprint density at radius 1 is 1.39 bits per heavy atom. The predicted octanol–water partition coefficient (Wildman–Crippen LogP) is 3.10. The lowest BCUT2D eigenvalue weighted by Gasteiger charge is -2.18. The molecule has 3 N–H and O–H groups in total. The number of hydrogen-bond donors (Lipinski definition) is 2. The lowest BCUT2D eigenvalue weighted by Crippen LogP contribution is -2.29. The summed E-state index contributed by atoms with van der Waals surface area (Å²) in [5.74, 6) is 5.67. The topological polar surface area (TPSA) is 50.9 Å². The zero-order valence-corrected chi connectivity index (χ0v) is 10.7. The molecule has 0 radical (unpaired) electrons. The van der Waals surface area contributed by atoms with E-state index in [2.05, 4.69) is 36.0 Å². The van der Waals surface area contributed by atoms with Crippen molar-refractivity contribution in [1.29, 1.82) is 0 Å². The fourth-order valence-electron chi connectivity index (χ4n) is 2.09. The van der Waals surface area contributed by atoms with Crippen molar-refractivity contribution < 1.29 is 0 Å². The summed E-state index contributed by atoms with van der Waals surface area (Å²) >= 11 is 0. The Bertz CT molecular complexity index is 543. The molecule has 1 aromatic carbocycles. The van der Waals surface area contributed by atoms with E-state index < -0.39 is 0 Å². The second kappa shape index (κ2) is 5.76. The van der Waals surface area contributed by atoms with E-state index >= 15 is 0 Å². The minimum atomic E-state index is 0.0172. The van der Waals surface area contributed by atoms with Crippen molar-refractivity contribution in [3.63, 3.8) is 0 Å². The highest BCUT2D eigenvalue weighted by Crippen LogP contribution is 2.26. The van der Waals surface area contributed by atoms with Crippen molar-refractivity contribution in [2.75, 3.05) is 0 Å². The van der Waals surface area contributed by atoms with Crippen LogP contribution in [0, 0.1) is 0 Å². The SMILES string of the molecule is C=C(CC)CC(NN)c1nccc2ccccc12. The molecule has 94 valence electrons. The number of fused-ring (bicyclic) bond motifs is 1. The van der Waals surface area contributed by atoms with Crippen molar-refractivity contribution >= 4 is 10.8 Å². The van der Waals surface area contributed by atoms with E-state index in [0.29, 0.717) is 0 Å². The number of hydrogen-bond acceptors (Lipinski definition) is 3. The van der Waals surface area contributed by atoms with Gasteiger partial charge in [-0.25, -0.2) is 0 Å². The molecule has 1 heterocycles. The average Bonchev–Trinajstić information content (AvgIpc) is 2.44. The van der Waals surface area contributed by atoms with E-state index in [9.17, 15) is 0 Å². The summed E-state index contributed by atoms with van der Waals surface area (Å²) in [6, 6.07) is 10.3. The Labute approximate surface area is 108 Å². The van der Waals surface area contributed by atoms with Gasteiger partial charge in [0.15, 0.2) is 0 Å². The Morgan fingerprint density at radius 3 is 2.89 bits per heavy atom. The number of benzene rings is 1. The maximum absolute atomic E-state index is 5.67. The third kappa shape index (κ3) is 2.58. The molecule has 2 rings (SSSR count). The predicted molar refractivity (Wildman–Crippen MR) is 75.9 cm³/mol. The van der Waals surface area contributed by atoms with Gasteiger partial charge < -0.3 is 0 Å². The molecule has 1 atom stereocenters. The Hall–Kier alpha value is -1.71. The quantitative estimate of drug-likeness (QED) is 0.480. The summed E-state index contributed by atoms with van der Waals surface area (Å²) in [5.41, 5.74) is 5.02. The first kappa shape index (κ1) is 12.7. The lowest BCUT2D eigenvalue weighted by molar-refractivity contribution is 0.536. The van der Waals surface area contributed by atoms with Gasteiger partial charge in [0.1, 0.15) is 0 Å². The van der Waals surface area contributed by atoms with Crippen LogP contribution in [0.25, 0.3) is 10.8 Å². The molecule has 0 aliphatic rings. The molecule has 0 aliphatic heterocycles. The molecule has 3 heteroatoms. The fraction of sp³-hybridized carbons (Fsp3) is 0.267. The van der Waals surface area contributed by atoms with Gasteiger partial charge in [0.25, 0.3) is 0 Å². The van der Waals surface area contributed by atoms with Crippen LogP contribution in [-0.2, 0) is 0 Å². The molecule has 1 aromatic heterocycles. The average molecular weight is 241 g/mol. The third-order valence-electron chi connectivity index (χ3n) is 3.23. The third-order valence-corrected chi connectivity index (χ3v) is 3.23. The van der Waals surface area contributed by atoms with Crippen molar-refractivity contribution in [1.82, 2.24) is 10.4 Å². The molecule has 0 fully saturated rings. The van der Waals surface area contributed by atoms with Gasteiger partial charge in [-0.2, -0.15) is 0 Å². The monoisotopic (exact) mass is 241 g/mol. The molecule has 0 saturated carbocycles. The highest BCUT2D eigenvalue weighted by atomic mass is 15.2. The zero-order valence-electron chi connectivity index (χ0n) is 10.7. The minimum Gasteiger partial charge on any atom is -0.271 e. The van der Waals surface area contributed by atoms with Gasteiger partial charge in [-0.05, 0) is 24.3 Å². The highest BCUT2D eigenvalue weighted by molar-refractivity contribution is 5.84. The van der Waals surface area contributed by atoms with Gasteiger partial charge in [-0.3, -0.25) is 16.3 Å². The van der Waals surface area contributed by atoms with Gasteiger partial charge in [-0.1, -0.05) is 43.3 Å². The minimum absolute atomic E-state index is 0.0172. The molecule has 0 spiro atoms. The van der Waals surface area contributed by atoms with Crippen molar-refractivity contribution in [3.8, 4) is 0 Å². The number of aromatic nitrogens is 1. The summed E-state index contributed by atoms with van der Waals surface area (Å²) in [6.07, 6.45) is 3.60. The van der Waals surface area contributed by atoms with Crippen LogP contribution < -0.4 is 11.3 Å². The molecule has 3 nitrogen and oxygen atoms in total. The summed E-state index contributed by atoms with van der Waals surface area (Å²) in [6.45, 7) is 6.15. The molecule has 0 amide bonds. The van der Waals surface area contributed by atoms with E-state index in [1.54, 1.807) is 0 Å². The summed E-state index contributed by atoms with van der Waals surface area (Å²) in [5, 5.41) is 2.33. The van der Waals surface area contributed by atoms with Crippen LogP contribution >= 0.6 is 0 Å². The second-order valence-corrected chi connectivity index (χ2v) is 4.44. The molecule has 0 aliphatic carbocycles. The van der Waals surface area contributed by atoms with Crippen molar-refractivity contribution in [3.05, 3.63) is 54.4 Å². The van der Waals surface area contributed by atoms with Crippen molar-refractivity contribution in [2.45, 2.75) is 25.8 Å². The largest absolute Gasteiger partial charge is 0.271 e. The van der Waals surface area contributed by atoms with Gasteiger partial charge in [0.05, 0.1) is 11.7 Å². The van der Waals surface area contributed by atoms with Crippen LogP contribution in [0.15, 0.2) is 48.7 Å². The van der Waals surface area contributed by atoms with Crippen LogP contribution in [0.4, 0.5) is 0 Å². The molecule has 2 aromatic rings. The number of hydrazine groups is 1. The van der Waals surface area contributed by atoms with E-state index in [-0.39, 0.29) is 6.04 Å². The number of nitrogens with two attached hydrogens (primary N) is 1. The Balaban J connectivity index is 2.41. The van der Waals surface area contributed by atoms with Crippen LogP contribution in [0.2, 0.25) is 0 Å². The van der Waals surface area contributed by atoms with E-state index in [1.807, 2.05) is 24.4 Å². The van der Waals surface area contributed by atoms with E-state index in [1.165, 1.54) is 11.0 Å². The van der Waals surface area contributed by atoms with Gasteiger partial charge in [0.2, 0.25) is 0 Å². The molecular weight excluding hydrogens is 222 g/mol. The van der Waals surface area contributed by atoms with Crippen LogP contribution in [-0.4, -0.2) is 4.98 Å². The Kier molecular flexibility index (Phi) is 4.07. The molecule has 18 heavy (non-hydrogen) atoms. The van der Waals surface area contributed by atoms with Gasteiger partial charge in [0, 0.05) is 11.6 Å². The van der Waals surface area contributed by atoms with Crippen LogP contribution in [0.5, 0.6) is 0 Å². The maximum Gasteiger partial charge on any atom is 0.0675 e. The number of nitrogens with one attached hydrogen (secondary N) is 1. The maximum atomic E-state index is 5.67. The lowest BCUT2D eigenvalue weighted by atomic mass is 9.99. The molecule has 0 bridgehead atoms. The van der Waals surface area contributed by atoms with Crippen molar-refractivity contribution in [2.24, 2.45) is 5.84 Å². The van der Waals surface area contributed by atoms with E-state index in [0.717, 1.165) is 23.9 Å². The number of pyridine rings is 1. The summed E-state index contributed by atoms with van der Waals surface area (Å²) < 4.78 is 0. The van der Waals surface area contributed by atoms with Gasteiger partial charge in [-0.15, -0.1) is 0 Å². The molecule has 1 unspecified atom stereocenters. The summed E-state index contributed by atoms with van der Waals surface area (Å²) in [7, 11) is 0. The normalized spacial score (nSPS) is 12.6. The summed E-state index contributed by atoms with van der Waals surface area (Å²) in [4.78, 5) is 4.48. The Morgan fingerprint density at radius 2 is 2.17 bits per heavy atom. The van der Waals surface area contributed by atoms with Crippen LogP contribution in [0.3, 0.4) is 0 Å². The smallest absolute Gasteiger partial charge is 0.0675 e. The second-order valence-electron chi connectivity index (χ2n) is 4.44. The fourth-order valence-corrected chi connectivity index (χ4v) is 2.09. The number of rotatable bonds is 5.